The number of amides is 1. The summed E-state index contributed by atoms with van der Waals surface area (Å²) < 4.78 is 30.9. The first kappa shape index (κ1) is 18.3. The van der Waals surface area contributed by atoms with Crippen molar-refractivity contribution in [3.63, 3.8) is 0 Å². The number of carbonyl (C=O) groups is 3. The highest BCUT2D eigenvalue weighted by Crippen LogP contribution is 2.12. The van der Waals surface area contributed by atoms with E-state index in [2.05, 4.69) is 5.32 Å². The Morgan fingerprint density at radius 2 is 1.56 bits per heavy atom. The van der Waals surface area contributed by atoms with Crippen LogP contribution in [0.25, 0.3) is 0 Å². The Hall–Kier alpha value is -3.09. The lowest BCUT2D eigenvalue weighted by atomic mass is 10.1. The smallest absolute Gasteiger partial charge is 0.338 e. The Bertz CT molecular complexity index is 783. The number of Topliss-reactive ketones (excluding diaryl/α,β-unsaturated/α-hetero) is 1. The summed E-state index contributed by atoms with van der Waals surface area (Å²) in [4.78, 5) is 35.0. The van der Waals surface area contributed by atoms with Gasteiger partial charge in [-0.15, -0.1) is 0 Å². The molecule has 0 spiro atoms. The van der Waals surface area contributed by atoms with Crippen molar-refractivity contribution in [3.8, 4) is 0 Å². The zero-order valence-electron chi connectivity index (χ0n) is 13.3. The molecule has 0 unspecified atom stereocenters. The lowest BCUT2D eigenvalue weighted by Crippen LogP contribution is -2.15. The summed E-state index contributed by atoms with van der Waals surface area (Å²) in [7, 11) is 0. The maximum Gasteiger partial charge on any atom is 0.338 e. The number of esters is 1. The van der Waals surface area contributed by atoms with Crippen molar-refractivity contribution in [2.75, 3.05) is 11.9 Å². The Morgan fingerprint density at radius 3 is 2.12 bits per heavy atom. The number of nitrogens with one attached hydrogen (secondary N) is 1. The lowest BCUT2D eigenvalue weighted by molar-refractivity contribution is -0.115. The lowest BCUT2D eigenvalue weighted by Gasteiger charge is -2.06. The standard InChI is InChI=1S/C18H15F2NO4/c1-2-17(23)21-15-5-3-11(4-6-15)16(22)10-25-18(24)12-7-13(19)9-14(20)8-12/h3-9H,2,10H2,1H3,(H,21,23). The van der Waals surface area contributed by atoms with Gasteiger partial charge in [0.2, 0.25) is 5.91 Å². The van der Waals surface area contributed by atoms with Crippen molar-refractivity contribution in [2.24, 2.45) is 0 Å². The van der Waals surface area contributed by atoms with E-state index in [0.717, 1.165) is 12.1 Å². The van der Waals surface area contributed by atoms with E-state index < -0.39 is 30.0 Å². The number of halogens is 2. The number of anilines is 1. The Morgan fingerprint density at radius 1 is 0.960 bits per heavy atom. The van der Waals surface area contributed by atoms with E-state index >= 15 is 0 Å². The minimum Gasteiger partial charge on any atom is -0.454 e. The number of hydrogen-bond donors (Lipinski definition) is 1. The van der Waals surface area contributed by atoms with Gasteiger partial charge in [0.15, 0.2) is 12.4 Å². The monoisotopic (exact) mass is 347 g/mol. The van der Waals surface area contributed by atoms with Crippen LogP contribution in [0.15, 0.2) is 42.5 Å². The van der Waals surface area contributed by atoms with Gasteiger partial charge in [-0.2, -0.15) is 0 Å². The predicted octanol–water partition coefficient (Wildman–Crippen LogP) is 3.35. The average Bonchev–Trinajstić information content (AvgIpc) is 2.59. The molecule has 25 heavy (non-hydrogen) atoms. The number of hydrogen-bond acceptors (Lipinski definition) is 4. The van der Waals surface area contributed by atoms with Crippen LogP contribution in [0.5, 0.6) is 0 Å². The molecule has 0 saturated heterocycles. The summed E-state index contributed by atoms with van der Waals surface area (Å²) in [5.41, 5.74) is 0.492. The van der Waals surface area contributed by atoms with Crippen molar-refractivity contribution < 1.29 is 27.9 Å². The van der Waals surface area contributed by atoms with Crippen molar-refractivity contribution in [1.29, 1.82) is 0 Å². The quantitative estimate of drug-likeness (QED) is 0.642. The second-order valence-corrected chi connectivity index (χ2v) is 5.14. The molecular formula is C18H15F2NO4. The third-order valence-electron chi connectivity index (χ3n) is 3.24. The molecule has 2 rings (SSSR count). The molecule has 0 radical (unpaired) electrons. The summed E-state index contributed by atoms with van der Waals surface area (Å²) in [6.07, 6.45) is 0.331. The van der Waals surface area contributed by atoms with Crippen LogP contribution in [0.2, 0.25) is 0 Å². The minimum atomic E-state index is -1.00. The predicted molar refractivity (Wildman–Crippen MR) is 86.3 cm³/mol. The normalized spacial score (nSPS) is 10.2. The molecule has 7 heteroatoms. The van der Waals surface area contributed by atoms with E-state index in [0.29, 0.717) is 18.2 Å². The van der Waals surface area contributed by atoms with Gasteiger partial charge in [0.05, 0.1) is 5.56 Å². The van der Waals surface area contributed by atoms with Crippen molar-refractivity contribution in [3.05, 3.63) is 65.2 Å². The van der Waals surface area contributed by atoms with Crippen LogP contribution in [-0.2, 0) is 9.53 Å². The fourth-order valence-corrected chi connectivity index (χ4v) is 1.96. The first-order valence-corrected chi connectivity index (χ1v) is 7.45. The molecule has 130 valence electrons. The van der Waals surface area contributed by atoms with E-state index in [4.69, 9.17) is 4.74 Å². The van der Waals surface area contributed by atoms with Crippen LogP contribution in [0, 0.1) is 11.6 Å². The fourth-order valence-electron chi connectivity index (χ4n) is 1.96. The van der Waals surface area contributed by atoms with Gasteiger partial charge < -0.3 is 10.1 Å². The molecule has 0 aliphatic rings. The SMILES string of the molecule is CCC(=O)Nc1ccc(C(=O)COC(=O)c2cc(F)cc(F)c2)cc1. The van der Waals surface area contributed by atoms with Crippen molar-refractivity contribution in [1.82, 2.24) is 0 Å². The molecule has 1 N–H and O–H groups in total. The van der Waals surface area contributed by atoms with Crippen LogP contribution >= 0.6 is 0 Å². The summed E-state index contributed by atoms with van der Waals surface area (Å²) in [6.45, 7) is 1.14. The van der Waals surface area contributed by atoms with Crippen LogP contribution in [0.3, 0.4) is 0 Å². The molecule has 0 saturated carbocycles. The molecule has 5 nitrogen and oxygen atoms in total. The second kappa shape index (κ2) is 8.14. The van der Waals surface area contributed by atoms with Gasteiger partial charge in [-0.3, -0.25) is 9.59 Å². The van der Waals surface area contributed by atoms with Crippen LogP contribution in [-0.4, -0.2) is 24.3 Å². The van der Waals surface area contributed by atoms with Crippen LogP contribution < -0.4 is 5.32 Å². The van der Waals surface area contributed by atoms with Gasteiger partial charge >= 0.3 is 5.97 Å². The molecule has 0 aromatic heterocycles. The Kier molecular flexibility index (Phi) is 5.94. The highest BCUT2D eigenvalue weighted by atomic mass is 19.1. The van der Waals surface area contributed by atoms with Gasteiger partial charge in [-0.25, -0.2) is 13.6 Å². The molecule has 1 amide bonds. The first-order valence-electron chi connectivity index (χ1n) is 7.45. The summed E-state index contributed by atoms with van der Waals surface area (Å²) in [5.74, 6) is -3.47. The summed E-state index contributed by atoms with van der Waals surface area (Å²) in [6, 6.07) is 8.31. The van der Waals surface area contributed by atoms with Gasteiger partial charge in [-0.1, -0.05) is 6.92 Å². The molecule has 0 bridgehead atoms. The molecule has 0 atom stereocenters. The minimum absolute atomic E-state index is 0.157. The number of carbonyl (C=O) groups excluding carboxylic acids is 3. The van der Waals surface area contributed by atoms with Crippen molar-refractivity contribution >= 4 is 23.3 Å². The molecule has 0 aliphatic heterocycles. The molecular weight excluding hydrogens is 332 g/mol. The number of rotatable bonds is 6. The number of ketones is 1. The highest BCUT2D eigenvalue weighted by Gasteiger charge is 2.14. The van der Waals surface area contributed by atoms with Gasteiger partial charge in [0, 0.05) is 23.7 Å². The summed E-state index contributed by atoms with van der Waals surface area (Å²) in [5, 5.41) is 2.63. The van der Waals surface area contributed by atoms with Crippen LogP contribution in [0.1, 0.15) is 34.1 Å². The molecule has 0 fully saturated rings. The topological polar surface area (TPSA) is 72.5 Å². The fraction of sp³-hybridized carbons (Fsp3) is 0.167. The average molecular weight is 347 g/mol. The van der Waals surface area contributed by atoms with E-state index in [1.807, 2.05) is 0 Å². The summed E-state index contributed by atoms with van der Waals surface area (Å²) >= 11 is 0. The molecule has 0 aliphatic carbocycles. The third-order valence-corrected chi connectivity index (χ3v) is 3.24. The van der Waals surface area contributed by atoms with Crippen LogP contribution in [0.4, 0.5) is 14.5 Å². The highest BCUT2D eigenvalue weighted by molar-refractivity contribution is 6.00. The van der Waals surface area contributed by atoms with E-state index in [1.165, 1.54) is 12.1 Å². The van der Waals surface area contributed by atoms with Crippen molar-refractivity contribution in [2.45, 2.75) is 13.3 Å². The van der Waals surface area contributed by atoms with E-state index in [1.54, 1.807) is 19.1 Å². The molecule has 2 aromatic carbocycles. The maximum absolute atomic E-state index is 13.1. The van der Waals surface area contributed by atoms with E-state index in [9.17, 15) is 23.2 Å². The van der Waals surface area contributed by atoms with Gasteiger partial charge in [0.25, 0.3) is 0 Å². The number of ether oxygens (including phenoxy) is 1. The molecule has 0 heterocycles. The largest absolute Gasteiger partial charge is 0.454 e. The Labute approximate surface area is 142 Å². The maximum atomic E-state index is 13.1. The van der Waals surface area contributed by atoms with E-state index in [-0.39, 0.29) is 17.0 Å². The van der Waals surface area contributed by atoms with Gasteiger partial charge in [0.1, 0.15) is 11.6 Å². The number of benzene rings is 2. The first-order chi connectivity index (χ1) is 11.9. The Balaban J connectivity index is 1.95. The molecule has 2 aromatic rings. The second-order valence-electron chi connectivity index (χ2n) is 5.14. The van der Waals surface area contributed by atoms with Gasteiger partial charge in [-0.05, 0) is 36.4 Å². The zero-order valence-corrected chi connectivity index (χ0v) is 13.3. The zero-order chi connectivity index (χ0) is 18.4. The third kappa shape index (κ3) is 5.20.